The Kier molecular flexibility index (Phi) is 4.26. The van der Waals surface area contributed by atoms with Crippen molar-refractivity contribution >= 4 is 5.91 Å². The standard InChI is InChI=1S/C18H17FN4O3/c1-25-17-10-23(9-12(17)14-8-20-22-21-14)18(24)16-7-6-15(26-16)11-4-2-3-5-13(11)19/h2-8,12,17H,9-10H2,1H3,(H,20,21,22)/t12-,17+/m0/s1. The van der Waals surface area contributed by atoms with Gasteiger partial charge in [0.15, 0.2) is 5.76 Å². The normalized spacial score (nSPS) is 19.8. The highest BCUT2D eigenvalue weighted by Gasteiger charge is 2.38. The smallest absolute Gasteiger partial charge is 0.289 e. The summed E-state index contributed by atoms with van der Waals surface area (Å²) in [6.45, 7) is 0.863. The van der Waals surface area contributed by atoms with Crippen LogP contribution in [0.5, 0.6) is 0 Å². The van der Waals surface area contributed by atoms with E-state index in [1.807, 2.05) is 0 Å². The number of hydrogen-bond donors (Lipinski definition) is 1. The van der Waals surface area contributed by atoms with E-state index >= 15 is 0 Å². The van der Waals surface area contributed by atoms with Crippen LogP contribution in [0.3, 0.4) is 0 Å². The molecule has 0 unspecified atom stereocenters. The Morgan fingerprint density at radius 2 is 2.15 bits per heavy atom. The van der Waals surface area contributed by atoms with Crippen molar-refractivity contribution in [1.29, 1.82) is 0 Å². The third kappa shape index (κ3) is 2.88. The number of amides is 1. The van der Waals surface area contributed by atoms with E-state index < -0.39 is 5.82 Å². The van der Waals surface area contributed by atoms with Gasteiger partial charge in [-0.2, -0.15) is 15.4 Å². The van der Waals surface area contributed by atoms with Crippen molar-refractivity contribution in [3.63, 3.8) is 0 Å². The van der Waals surface area contributed by atoms with Gasteiger partial charge in [0.2, 0.25) is 0 Å². The van der Waals surface area contributed by atoms with Crippen LogP contribution < -0.4 is 0 Å². The zero-order valence-electron chi connectivity index (χ0n) is 14.1. The highest BCUT2D eigenvalue weighted by molar-refractivity contribution is 5.92. The van der Waals surface area contributed by atoms with E-state index in [-0.39, 0.29) is 23.7 Å². The predicted molar refractivity (Wildman–Crippen MR) is 89.9 cm³/mol. The van der Waals surface area contributed by atoms with Crippen LogP contribution in [0.2, 0.25) is 0 Å². The topological polar surface area (TPSA) is 84.2 Å². The van der Waals surface area contributed by atoms with Gasteiger partial charge in [0, 0.05) is 20.2 Å². The molecule has 1 fully saturated rings. The second kappa shape index (κ2) is 6.72. The Morgan fingerprint density at radius 3 is 2.88 bits per heavy atom. The minimum absolute atomic E-state index is 0.0660. The van der Waals surface area contributed by atoms with E-state index in [0.29, 0.717) is 24.4 Å². The lowest BCUT2D eigenvalue weighted by atomic mass is 10.0. The number of carbonyl (C=O) groups is 1. The third-order valence-corrected chi connectivity index (χ3v) is 4.63. The minimum Gasteiger partial charge on any atom is -0.451 e. The second-order valence-electron chi connectivity index (χ2n) is 6.13. The highest BCUT2D eigenvalue weighted by Crippen LogP contribution is 2.30. The van der Waals surface area contributed by atoms with Gasteiger partial charge < -0.3 is 14.1 Å². The Labute approximate surface area is 148 Å². The number of benzene rings is 1. The summed E-state index contributed by atoms with van der Waals surface area (Å²) in [6.07, 6.45) is 1.46. The summed E-state index contributed by atoms with van der Waals surface area (Å²) in [5.41, 5.74) is 1.07. The Bertz CT molecular complexity index is 909. The Hall–Kier alpha value is -3.00. The first-order valence-corrected chi connectivity index (χ1v) is 8.20. The van der Waals surface area contributed by atoms with Crippen LogP contribution in [0.1, 0.15) is 22.2 Å². The molecule has 4 rings (SSSR count). The van der Waals surface area contributed by atoms with Gasteiger partial charge in [0.25, 0.3) is 5.91 Å². The molecule has 0 bridgehead atoms. The van der Waals surface area contributed by atoms with E-state index in [1.165, 1.54) is 6.07 Å². The van der Waals surface area contributed by atoms with Crippen LogP contribution in [0.4, 0.5) is 4.39 Å². The number of rotatable bonds is 4. The molecule has 1 aliphatic rings. The summed E-state index contributed by atoms with van der Waals surface area (Å²) in [5, 5.41) is 10.5. The van der Waals surface area contributed by atoms with E-state index in [2.05, 4.69) is 15.4 Å². The fourth-order valence-corrected chi connectivity index (χ4v) is 3.27. The van der Waals surface area contributed by atoms with Crippen molar-refractivity contribution < 1.29 is 18.3 Å². The molecule has 1 aliphatic heterocycles. The lowest BCUT2D eigenvalue weighted by molar-refractivity contribution is 0.0688. The van der Waals surface area contributed by atoms with Crippen LogP contribution in [0.15, 0.2) is 47.0 Å². The lowest BCUT2D eigenvalue weighted by Gasteiger charge is -2.14. The van der Waals surface area contributed by atoms with Crippen LogP contribution in [-0.2, 0) is 4.74 Å². The highest BCUT2D eigenvalue weighted by atomic mass is 19.1. The number of halogens is 1. The number of furan rings is 1. The van der Waals surface area contributed by atoms with E-state index in [1.54, 1.807) is 48.5 Å². The maximum atomic E-state index is 13.9. The van der Waals surface area contributed by atoms with Gasteiger partial charge in [0.1, 0.15) is 11.6 Å². The molecule has 7 nitrogen and oxygen atoms in total. The molecule has 2 aromatic heterocycles. The molecule has 0 aliphatic carbocycles. The van der Waals surface area contributed by atoms with Gasteiger partial charge in [-0.15, -0.1) is 0 Å². The molecule has 1 amide bonds. The monoisotopic (exact) mass is 356 g/mol. The molecule has 2 atom stereocenters. The largest absolute Gasteiger partial charge is 0.451 e. The third-order valence-electron chi connectivity index (χ3n) is 4.63. The number of ether oxygens (including phenoxy) is 1. The molecule has 1 saturated heterocycles. The first-order chi connectivity index (χ1) is 12.7. The molecule has 0 spiro atoms. The van der Waals surface area contributed by atoms with Gasteiger partial charge in [-0.05, 0) is 24.3 Å². The fourth-order valence-electron chi connectivity index (χ4n) is 3.27. The molecule has 3 heterocycles. The first-order valence-electron chi connectivity index (χ1n) is 8.20. The minimum atomic E-state index is -0.396. The van der Waals surface area contributed by atoms with Gasteiger partial charge in [0.05, 0.1) is 29.5 Å². The van der Waals surface area contributed by atoms with Gasteiger partial charge >= 0.3 is 0 Å². The quantitative estimate of drug-likeness (QED) is 0.776. The zero-order valence-corrected chi connectivity index (χ0v) is 14.1. The van der Waals surface area contributed by atoms with Gasteiger partial charge in [-0.25, -0.2) is 4.39 Å². The molecule has 134 valence electrons. The number of nitrogens with one attached hydrogen (secondary N) is 1. The molecule has 8 heteroatoms. The average molecular weight is 356 g/mol. The summed E-state index contributed by atoms with van der Waals surface area (Å²) in [7, 11) is 1.61. The maximum absolute atomic E-state index is 13.9. The fraction of sp³-hybridized carbons (Fsp3) is 0.278. The molecule has 3 aromatic rings. The van der Waals surface area contributed by atoms with Crippen LogP contribution in [0.25, 0.3) is 11.3 Å². The average Bonchev–Trinajstić information content (AvgIpc) is 3.40. The lowest BCUT2D eigenvalue weighted by Crippen LogP contribution is -2.29. The number of nitrogens with zero attached hydrogens (tertiary/aromatic N) is 3. The van der Waals surface area contributed by atoms with Crippen molar-refractivity contribution in [2.24, 2.45) is 0 Å². The summed E-state index contributed by atoms with van der Waals surface area (Å²) in [4.78, 5) is 14.4. The summed E-state index contributed by atoms with van der Waals surface area (Å²) in [5.74, 6) is -0.238. The number of likely N-dealkylation sites (tertiary alicyclic amines) is 1. The van der Waals surface area contributed by atoms with Crippen LogP contribution >= 0.6 is 0 Å². The number of aromatic amines is 1. The van der Waals surface area contributed by atoms with Crippen LogP contribution in [-0.4, -0.2) is 52.5 Å². The zero-order chi connectivity index (χ0) is 18.1. The predicted octanol–water partition coefficient (Wildman–Crippen LogP) is 2.46. The molecular formula is C18H17FN4O3. The number of carbonyl (C=O) groups excluding carboxylic acids is 1. The molecule has 1 N–H and O–H groups in total. The molecule has 0 saturated carbocycles. The number of hydrogen-bond acceptors (Lipinski definition) is 5. The van der Waals surface area contributed by atoms with Crippen molar-refractivity contribution in [2.45, 2.75) is 12.0 Å². The number of aromatic nitrogens is 3. The Morgan fingerprint density at radius 1 is 1.31 bits per heavy atom. The summed E-state index contributed by atoms with van der Waals surface area (Å²) >= 11 is 0. The van der Waals surface area contributed by atoms with E-state index in [0.717, 1.165) is 5.69 Å². The molecule has 0 radical (unpaired) electrons. The molecular weight excluding hydrogens is 339 g/mol. The second-order valence-corrected chi connectivity index (χ2v) is 6.13. The van der Waals surface area contributed by atoms with E-state index in [9.17, 15) is 9.18 Å². The Balaban J connectivity index is 1.54. The van der Waals surface area contributed by atoms with Gasteiger partial charge in [-0.3, -0.25) is 4.79 Å². The van der Waals surface area contributed by atoms with Crippen molar-refractivity contribution in [3.05, 3.63) is 59.9 Å². The van der Waals surface area contributed by atoms with Crippen molar-refractivity contribution in [3.8, 4) is 11.3 Å². The first kappa shape index (κ1) is 16.5. The summed E-state index contributed by atoms with van der Waals surface area (Å²) < 4.78 is 25.0. The molecule has 1 aromatic carbocycles. The number of H-pyrrole nitrogens is 1. The van der Waals surface area contributed by atoms with Gasteiger partial charge in [-0.1, -0.05) is 12.1 Å². The summed E-state index contributed by atoms with van der Waals surface area (Å²) in [6, 6.07) is 9.45. The van der Waals surface area contributed by atoms with Crippen molar-refractivity contribution in [1.82, 2.24) is 20.3 Å². The molecule has 26 heavy (non-hydrogen) atoms. The van der Waals surface area contributed by atoms with E-state index in [4.69, 9.17) is 9.15 Å². The van der Waals surface area contributed by atoms with Crippen LogP contribution in [0, 0.1) is 5.82 Å². The van der Waals surface area contributed by atoms with Crippen molar-refractivity contribution in [2.75, 3.05) is 20.2 Å². The SMILES string of the molecule is CO[C@@H]1CN(C(=O)c2ccc(-c3ccccc3F)o2)C[C@H]1c1cn[nH]n1. The number of methoxy groups -OCH3 is 1. The maximum Gasteiger partial charge on any atom is 0.289 e.